The average molecular weight is 530 g/mol. The number of carbonyl (C=O) groups is 3. The third kappa shape index (κ3) is 3.96. The van der Waals surface area contributed by atoms with Gasteiger partial charge in [-0.15, -0.1) is 0 Å². The van der Waals surface area contributed by atoms with Crippen LogP contribution in [0.4, 0.5) is 0 Å². The molecule has 0 amide bonds. The Morgan fingerprint density at radius 2 is 2.08 bits per heavy atom. The fraction of sp³-hybridized carbons (Fsp3) is 0.607. The van der Waals surface area contributed by atoms with Crippen molar-refractivity contribution in [3.8, 4) is 11.5 Å². The zero-order valence-electron chi connectivity index (χ0n) is 22.3. The summed E-state index contributed by atoms with van der Waals surface area (Å²) in [6, 6.07) is 3.76. The van der Waals surface area contributed by atoms with E-state index >= 15 is 0 Å². The molecule has 1 N–H and O–H groups in total. The Bertz CT molecular complexity index is 1180. The molecule has 0 saturated carbocycles. The van der Waals surface area contributed by atoms with E-state index in [4.69, 9.17) is 23.7 Å². The molecule has 1 aromatic carbocycles. The second-order valence-electron chi connectivity index (χ2n) is 10.6. The first-order valence-corrected chi connectivity index (χ1v) is 13.2. The van der Waals surface area contributed by atoms with E-state index in [1.807, 2.05) is 26.1 Å². The summed E-state index contributed by atoms with van der Waals surface area (Å²) in [6.07, 6.45) is 2.06. The second-order valence-corrected chi connectivity index (χ2v) is 10.6. The van der Waals surface area contributed by atoms with Gasteiger partial charge in [-0.2, -0.15) is 0 Å². The van der Waals surface area contributed by atoms with Crippen molar-refractivity contribution in [3.05, 3.63) is 35.1 Å². The smallest absolute Gasteiger partial charge is 0.348 e. The largest absolute Gasteiger partial charge is 0.493 e. The van der Waals surface area contributed by atoms with Crippen LogP contribution in [-0.2, 0) is 40.4 Å². The average Bonchev–Trinajstić information content (AvgIpc) is 3.23. The van der Waals surface area contributed by atoms with Crippen LogP contribution in [-0.4, -0.2) is 79.1 Å². The van der Waals surface area contributed by atoms with Crippen molar-refractivity contribution in [1.29, 1.82) is 0 Å². The molecule has 2 aliphatic heterocycles. The number of unbranched alkanes of at least 4 members (excludes halogenated alkanes) is 1. The fourth-order valence-electron chi connectivity index (χ4n) is 6.70. The van der Waals surface area contributed by atoms with E-state index in [0.29, 0.717) is 30.8 Å². The zero-order chi connectivity index (χ0) is 27.2. The lowest BCUT2D eigenvalue weighted by molar-refractivity contribution is -0.174. The summed E-state index contributed by atoms with van der Waals surface area (Å²) in [7, 11) is 3.59. The number of aliphatic hydroxyl groups is 1. The number of esters is 3. The Labute approximate surface area is 221 Å². The topological polar surface area (TPSA) is 121 Å². The number of likely N-dealkylation sites (N-methyl/N-ethyl adjacent to an activating group) is 1. The van der Waals surface area contributed by atoms with Gasteiger partial charge in [0.1, 0.15) is 5.76 Å². The van der Waals surface area contributed by atoms with Crippen LogP contribution in [0.25, 0.3) is 0 Å². The van der Waals surface area contributed by atoms with Crippen molar-refractivity contribution in [2.45, 2.75) is 81.6 Å². The van der Waals surface area contributed by atoms with E-state index in [1.54, 1.807) is 13.2 Å². The first-order chi connectivity index (χ1) is 18.2. The fourth-order valence-corrected chi connectivity index (χ4v) is 6.70. The van der Waals surface area contributed by atoms with Gasteiger partial charge in [0.2, 0.25) is 6.10 Å². The van der Waals surface area contributed by atoms with Crippen molar-refractivity contribution < 1.29 is 43.2 Å². The second kappa shape index (κ2) is 9.89. The highest BCUT2D eigenvalue weighted by atomic mass is 16.6. The Kier molecular flexibility index (Phi) is 6.89. The van der Waals surface area contributed by atoms with Crippen LogP contribution in [0.5, 0.6) is 11.5 Å². The number of benzene rings is 1. The summed E-state index contributed by atoms with van der Waals surface area (Å²) in [5, 5.41) is 12.3. The molecule has 5 atom stereocenters. The quantitative estimate of drug-likeness (QED) is 0.289. The summed E-state index contributed by atoms with van der Waals surface area (Å²) in [5.41, 5.74) is 0.0593. The molecular formula is C28H35NO9. The molecule has 1 aromatic rings. The Morgan fingerprint density at radius 1 is 1.29 bits per heavy atom. The minimum Gasteiger partial charge on any atom is -0.493 e. The van der Waals surface area contributed by atoms with Gasteiger partial charge in [0.25, 0.3) is 0 Å². The number of ether oxygens (including phenoxy) is 5. The van der Waals surface area contributed by atoms with Gasteiger partial charge in [0.15, 0.2) is 17.6 Å². The zero-order valence-corrected chi connectivity index (χ0v) is 22.3. The van der Waals surface area contributed by atoms with Crippen LogP contribution >= 0.6 is 0 Å². The summed E-state index contributed by atoms with van der Waals surface area (Å²) in [6.45, 7) is 4.02. The van der Waals surface area contributed by atoms with Crippen LogP contribution in [0.3, 0.4) is 0 Å². The third-order valence-corrected chi connectivity index (χ3v) is 8.46. The van der Waals surface area contributed by atoms with E-state index in [0.717, 1.165) is 31.0 Å². The Balaban J connectivity index is 1.43. The number of methoxy groups -OCH3 is 1. The summed E-state index contributed by atoms with van der Waals surface area (Å²) in [5.74, 6) is -0.857. The molecule has 2 aliphatic carbocycles. The first-order valence-electron chi connectivity index (χ1n) is 13.2. The lowest BCUT2D eigenvalue weighted by Crippen LogP contribution is -2.74. The van der Waals surface area contributed by atoms with Crippen molar-refractivity contribution in [3.63, 3.8) is 0 Å². The van der Waals surface area contributed by atoms with Gasteiger partial charge in [0, 0.05) is 24.9 Å². The SMILES string of the molecule is CCCCOC(=O)[C@H](CC(=O)OC1=CC[C@@]2(O)[C@H]3Cc4ccc(OC)c5c4[C@@]2(CCN3C)[C@H]1O5)OC(C)=O. The molecule has 1 spiro atoms. The maximum absolute atomic E-state index is 13.1. The molecule has 4 aliphatic rings. The Hall–Kier alpha value is -3.11. The van der Waals surface area contributed by atoms with Gasteiger partial charge in [-0.05, 0) is 50.6 Å². The molecule has 1 fully saturated rings. The predicted molar refractivity (Wildman–Crippen MR) is 134 cm³/mol. The number of rotatable bonds is 9. The molecule has 0 aromatic heterocycles. The molecule has 206 valence electrons. The minimum atomic E-state index is -1.41. The molecular weight excluding hydrogens is 494 g/mol. The van der Waals surface area contributed by atoms with Crippen molar-refractivity contribution in [2.24, 2.45) is 0 Å². The molecule has 0 unspecified atom stereocenters. The highest BCUT2D eigenvalue weighted by Crippen LogP contribution is 2.65. The van der Waals surface area contributed by atoms with Crippen LogP contribution in [0.15, 0.2) is 24.0 Å². The summed E-state index contributed by atoms with van der Waals surface area (Å²) >= 11 is 0. The van der Waals surface area contributed by atoms with E-state index < -0.39 is 47.6 Å². The number of nitrogens with zero attached hydrogens (tertiary/aromatic N) is 1. The molecule has 10 heteroatoms. The van der Waals surface area contributed by atoms with Gasteiger partial charge in [-0.25, -0.2) is 4.79 Å². The van der Waals surface area contributed by atoms with Crippen molar-refractivity contribution in [1.82, 2.24) is 4.90 Å². The van der Waals surface area contributed by atoms with Gasteiger partial charge < -0.3 is 33.7 Å². The number of piperidine rings is 1. The predicted octanol–water partition coefficient (Wildman–Crippen LogP) is 2.18. The van der Waals surface area contributed by atoms with Crippen molar-refractivity contribution in [2.75, 3.05) is 27.3 Å². The molecule has 0 radical (unpaired) electrons. The van der Waals surface area contributed by atoms with E-state index in [2.05, 4.69) is 4.90 Å². The standard InChI is InChI=1S/C28H35NO9/c1-5-6-13-35-26(32)20(36-16(2)30)15-22(31)37-19-9-10-28(33)21-14-17-7-8-18(34-4)24-23(17)27(28,25(19)38-24)11-12-29(21)3/h7-9,20-21,25,33H,5-6,10-15H2,1-4H3/t20-,21+,25-,27-,28+/m0/s1. The summed E-state index contributed by atoms with van der Waals surface area (Å²) < 4.78 is 28.1. The maximum atomic E-state index is 13.1. The lowest BCUT2D eigenvalue weighted by Gasteiger charge is -2.61. The Morgan fingerprint density at radius 3 is 2.79 bits per heavy atom. The number of hydrogen-bond donors (Lipinski definition) is 1. The lowest BCUT2D eigenvalue weighted by atomic mass is 9.50. The van der Waals surface area contributed by atoms with E-state index in [9.17, 15) is 19.5 Å². The first kappa shape index (κ1) is 26.5. The molecule has 38 heavy (non-hydrogen) atoms. The monoisotopic (exact) mass is 529 g/mol. The maximum Gasteiger partial charge on any atom is 0.348 e. The molecule has 2 bridgehead atoms. The van der Waals surface area contributed by atoms with Crippen LogP contribution in [0, 0.1) is 0 Å². The third-order valence-electron chi connectivity index (χ3n) is 8.46. The van der Waals surface area contributed by atoms with Crippen LogP contribution in [0.2, 0.25) is 0 Å². The molecule has 2 heterocycles. The number of carbonyl (C=O) groups excluding carboxylic acids is 3. The van der Waals surface area contributed by atoms with Crippen molar-refractivity contribution >= 4 is 17.9 Å². The van der Waals surface area contributed by atoms with Gasteiger partial charge in [0.05, 0.1) is 31.2 Å². The number of hydrogen-bond acceptors (Lipinski definition) is 10. The number of likely N-dealkylation sites (tertiary alicyclic amines) is 1. The van der Waals surface area contributed by atoms with Gasteiger partial charge in [-0.3, -0.25) is 9.59 Å². The molecule has 10 nitrogen and oxygen atoms in total. The normalized spacial score (nSPS) is 29.3. The van der Waals surface area contributed by atoms with E-state index in [1.165, 1.54) is 0 Å². The highest BCUT2D eigenvalue weighted by molar-refractivity contribution is 5.84. The van der Waals surface area contributed by atoms with Crippen LogP contribution in [0.1, 0.15) is 57.1 Å². The van der Waals surface area contributed by atoms with Gasteiger partial charge >= 0.3 is 17.9 Å². The molecule has 1 saturated heterocycles. The van der Waals surface area contributed by atoms with Crippen LogP contribution < -0.4 is 9.47 Å². The summed E-state index contributed by atoms with van der Waals surface area (Å²) in [4.78, 5) is 39.3. The van der Waals surface area contributed by atoms with E-state index in [-0.39, 0.29) is 24.8 Å². The molecule has 5 rings (SSSR count). The van der Waals surface area contributed by atoms with Gasteiger partial charge in [-0.1, -0.05) is 19.4 Å². The minimum absolute atomic E-state index is 0.131. The highest BCUT2D eigenvalue weighted by Gasteiger charge is 2.72.